The molecule has 0 aliphatic carbocycles. The maximum absolute atomic E-state index is 8.28. The van der Waals surface area contributed by atoms with Crippen LogP contribution in [0.25, 0.3) is 33.2 Å². The SMILES string of the molecule is [2H]C([2H])([2H])c1ccc(-c2cc3c(cc2C)oc2cnc(C([2H])(C)C)cc23)[n+](C)c1. The predicted molar refractivity (Wildman–Crippen MR) is 102 cm³/mol. The van der Waals surface area contributed by atoms with Crippen LogP contribution in [0, 0.1) is 13.8 Å². The van der Waals surface area contributed by atoms with E-state index in [0.29, 0.717) is 16.8 Å². The van der Waals surface area contributed by atoms with E-state index in [1.54, 1.807) is 18.5 Å². The lowest BCUT2D eigenvalue weighted by Gasteiger charge is -2.06. The molecule has 0 unspecified atom stereocenters. The third-order valence-corrected chi connectivity index (χ3v) is 4.63. The van der Waals surface area contributed by atoms with Crippen LogP contribution in [-0.4, -0.2) is 4.98 Å². The summed E-state index contributed by atoms with van der Waals surface area (Å²) in [4.78, 5) is 4.38. The van der Waals surface area contributed by atoms with Crippen molar-refractivity contribution >= 4 is 21.9 Å². The molecule has 3 aromatic heterocycles. The zero-order chi connectivity index (χ0) is 21.1. The van der Waals surface area contributed by atoms with Gasteiger partial charge in [-0.15, -0.1) is 0 Å². The second-order valence-corrected chi connectivity index (χ2v) is 6.74. The van der Waals surface area contributed by atoms with E-state index in [0.717, 1.165) is 33.2 Å². The molecule has 0 aliphatic heterocycles. The average Bonchev–Trinajstić information content (AvgIpc) is 2.96. The highest BCUT2D eigenvalue weighted by molar-refractivity contribution is 6.06. The van der Waals surface area contributed by atoms with Crippen LogP contribution in [0.4, 0.5) is 0 Å². The van der Waals surface area contributed by atoms with E-state index in [-0.39, 0.29) is 0 Å². The lowest BCUT2D eigenvalue weighted by atomic mass is 10.00. The summed E-state index contributed by atoms with van der Waals surface area (Å²) >= 11 is 0. The van der Waals surface area contributed by atoms with Gasteiger partial charge in [-0.3, -0.25) is 4.98 Å². The van der Waals surface area contributed by atoms with Crippen molar-refractivity contribution in [2.75, 3.05) is 0 Å². The minimum Gasteiger partial charge on any atom is -0.454 e. The average molecular weight is 335 g/mol. The molecule has 4 rings (SSSR count). The van der Waals surface area contributed by atoms with Crippen molar-refractivity contribution in [1.29, 1.82) is 0 Å². The number of nitrogens with zero attached hydrogens (tertiary/aromatic N) is 2. The molecule has 3 heteroatoms. The molecule has 0 radical (unpaired) electrons. The van der Waals surface area contributed by atoms with Gasteiger partial charge in [0.25, 0.3) is 0 Å². The Balaban J connectivity index is 1.94. The fourth-order valence-corrected chi connectivity index (χ4v) is 3.27. The molecule has 126 valence electrons. The Morgan fingerprint density at radius 3 is 2.68 bits per heavy atom. The quantitative estimate of drug-likeness (QED) is 0.471. The second kappa shape index (κ2) is 5.69. The number of rotatable bonds is 2. The van der Waals surface area contributed by atoms with E-state index in [9.17, 15) is 0 Å². The molecule has 4 aromatic rings. The van der Waals surface area contributed by atoms with Crippen molar-refractivity contribution in [3.63, 3.8) is 0 Å². The maximum atomic E-state index is 8.28. The van der Waals surface area contributed by atoms with Gasteiger partial charge in [0.2, 0.25) is 5.69 Å². The highest BCUT2D eigenvalue weighted by Gasteiger charge is 2.17. The molecule has 0 amide bonds. The second-order valence-electron chi connectivity index (χ2n) is 6.74. The Hall–Kier alpha value is -2.68. The third-order valence-electron chi connectivity index (χ3n) is 4.63. The minimum absolute atomic E-state index is 0.310. The van der Waals surface area contributed by atoms with Crippen LogP contribution in [0.15, 0.2) is 47.1 Å². The van der Waals surface area contributed by atoms with Gasteiger partial charge in [-0.2, -0.15) is 0 Å². The highest BCUT2D eigenvalue weighted by atomic mass is 16.3. The monoisotopic (exact) mass is 335 g/mol. The summed E-state index contributed by atoms with van der Waals surface area (Å²) in [6.07, 6.45) is 3.34. The number of aryl methyl sites for hydroxylation is 3. The molecular weight excluding hydrogens is 308 g/mol. The summed E-state index contributed by atoms with van der Waals surface area (Å²) in [7, 11) is 1.85. The normalized spacial score (nSPS) is 15.0. The Bertz CT molecular complexity index is 1250. The first-order valence-corrected chi connectivity index (χ1v) is 8.29. The number of aromatic nitrogens is 2. The number of fused-ring (bicyclic) bond motifs is 3. The van der Waals surface area contributed by atoms with Crippen LogP contribution in [-0.2, 0) is 7.05 Å². The number of hydrogen-bond donors (Lipinski definition) is 0. The molecule has 3 nitrogen and oxygen atoms in total. The van der Waals surface area contributed by atoms with Crippen molar-refractivity contribution in [2.24, 2.45) is 7.05 Å². The fraction of sp³-hybridized carbons (Fsp3) is 0.273. The summed E-state index contributed by atoms with van der Waals surface area (Å²) in [5, 5.41) is 1.88. The van der Waals surface area contributed by atoms with Gasteiger partial charge in [0.15, 0.2) is 11.8 Å². The number of furan rings is 1. The van der Waals surface area contributed by atoms with Gasteiger partial charge in [0, 0.05) is 39.1 Å². The minimum atomic E-state index is -2.14. The van der Waals surface area contributed by atoms with E-state index in [2.05, 4.69) is 11.1 Å². The first-order chi connectivity index (χ1) is 13.4. The molecule has 0 N–H and O–H groups in total. The van der Waals surface area contributed by atoms with E-state index in [4.69, 9.17) is 9.90 Å². The smallest absolute Gasteiger partial charge is 0.212 e. The molecule has 1 aromatic carbocycles. The molecule has 3 heterocycles. The molecule has 0 saturated heterocycles. The molecule has 0 aliphatic rings. The van der Waals surface area contributed by atoms with Gasteiger partial charge in [-0.05, 0) is 49.5 Å². The van der Waals surface area contributed by atoms with Crippen molar-refractivity contribution in [2.45, 2.75) is 33.5 Å². The molecule has 0 atom stereocenters. The Morgan fingerprint density at radius 1 is 1.16 bits per heavy atom. The molecule has 0 bridgehead atoms. The molecular formula is C22H23N2O+. The van der Waals surface area contributed by atoms with Gasteiger partial charge in [-0.25, -0.2) is 4.57 Å². The molecule has 0 saturated carbocycles. The molecule has 0 spiro atoms. The predicted octanol–water partition coefficient (Wildman–Crippen LogP) is 5.21. The topological polar surface area (TPSA) is 29.9 Å². The van der Waals surface area contributed by atoms with E-state index < -0.39 is 12.7 Å². The summed E-state index contributed by atoms with van der Waals surface area (Å²) in [6.45, 7) is 3.50. The van der Waals surface area contributed by atoms with Crippen molar-refractivity contribution < 1.29 is 14.5 Å². The molecule has 0 fully saturated rings. The summed E-state index contributed by atoms with van der Waals surface area (Å²) in [6, 6.07) is 9.49. The lowest BCUT2D eigenvalue weighted by Crippen LogP contribution is -2.31. The lowest BCUT2D eigenvalue weighted by molar-refractivity contribution is -0.660. The van der Waals surface area contributed by atoms with Gasteiger partial charge < -0.3 is 4.42 Å². The van der Waals surface area contributed by atoms with Crippen molar-refractivity contribution in [3.8, 4) is 11.3 Å². The zero-order valence-corrected chi connectivity index (χ0v) is 14.8. The van der Waals surface area contributed by atoms with Crippen LogP contribution in [0.2, 0.25) is 0 Å². The van der Waals surface area contributed by atoms with Crippen LogP contribution >= 0.6 is 0 Å². The van der Waals surface area contributed by atoms with Gasteiger partial charge in [0.05, 0.1) is 6.20 Å². The largest absolute Gasteiger partial charge is 0.454 e. The zero-order valence-electron chi connectivity index (χ0n) is 18.8. The fourth-order valence-electron chi connectivity index (χ4n) is 3.27. The van der Waals surface area contributed by atoms with Gasteiger partial charge in [0.1, 0.15) is 12.6 Å². The third kappa shape index (κ3) is 2.60. The van der Waals surface area contributed by atoms with Gasteiger partial charge in [-0.1, -0.05) is 13.8 Å². The first kappa shape index (κ1) is 11.8. The highest BCUT2D eigenvalue weighted by Crippen LogP contribution is 2.34. The summed E-state index contributed by atoms with van der Waals surface area (Å²) in [5.74, 6) is -0.803. The van der Waals surface area contributed by atoms with E-state index in [1.807, 2.05) is 50.6 Å². The first-order valence-electron chi connectivity index (χ1n) is 10.3. The van der Waals surface area contributed by atoms with Crippen LogP contribution in [0.3, 0.4) is 0 Å². The standard InChI is InChI=1S/C22H23N2O/c1-13(2)19-10-18-17-9-16(20-7-6-14(3)12-24(20)5)15(4)8-21(17)25-22(18)11-23-19/h6-13H,1-5H3/q+1/i3D3,13D. The Morgan fingerprint density at radius 2 is 1.96 bits per heavy atom. The maximum Gasteiger partial charge on any atom is 0.212 e. The summed E-state index contributed by atoms with van der Waals surface area (Å²) in [5.41, 5.74) is 5.40. The van der Waals surface area contributed by atoms with Gasteiger partial charge >= 0.3 is 0 Å². The van der Waals surface area contributed by atoms with Crippen molar-refractivity contribution in [1.82, 2.24) is 4.98 Å². The number of hydrogen-bond acceptors (Lipinski definition) is 2. The van der Waals surface area contributed by atoms with Crippen LogP contribution in [0.5, 0.6) is 0 Å². The Kier molecular flexibility index (Phi) is 2.69. The van der Waals surface area contributed by atoms with Crippen LogP contribution in [0.1, 0.15) is 42.0 Å². The number of benzene rings is 1. The van der Waals surface area contributed by atoms with Crippen molar-refractivity contribution in [3.05, 3.63) is 59.5 Å². The number of pyridine rings is 2. The van der Waals surface area contributed by atoms with E-state index >= 15 is 0 Å². The Labute approximate surface area is 153 Å². The van der Waals surface area contributed by atoms with E-state index in [1.165, 1.54) is 0 Å². The van der Waals surface area contributed by atoms with Crippen LogP contribution < -0.4 is 4.57 Å². The molecule has 25 heavy (non-hydrogen) atoms. The summed E-state index contributed by atoms with van der Waals surface area (Å²) < 4.78 is 39.0.